The second-order valence-corrected chi connectivity index (χ2v) is 6.10. The van der Waals surface area contributed by atoms with Gasteiger partial charge in [0.15, 0.2) is 0 Å². The summed E-state index contributed by atoms with van der Waals surface area (Å²) in [6.07, 6.45) is 0.308. The molecule has 1 aromatic carbocycles. The van der Waals surface area contributed by atoms with Crippen LogP contribution in [0.1, 0.15) is 17.0 Å². The molecule has 5 nitrogen and oxygen atoms in total. The minimum absolute atomic E-state index is 0. The summed E-state index contributed by atoms with van der Waals surface area (Å²) >= 11 is 12.0. The molecule has 0 spiro atoms. The molecule has 132 valence electrons. The van der Waals surface area contributed by atoms with Gasteiger partial charge in [0.25, 0.3) is 0 Å². The highest BCUT2D eigenvalue weighted by Crippen LogP contribution is 2.26. The summed E-state index contributed by atoms with van der Waals surface area (Å²) in [5.74, 6) is -0.0138. The molecule has 1 heterocycles. The second kappa shape index (κ2) is 9.28. The van der Waals surface area contributed by atoms with Crippen molar-refractivity contribution in [3.63, 3.8) is 0 Å². The smallest absolute Gasteiger partial charge is 0.224 e. The van der Waals surface area contributed by atoms with E-state index in [1.54, 1.807) is 16.8 Å². The van der Waals surface area contributed by atoms with Crippen molar-refractivity contribution in [2.75, 3.05) is 20.1 Å². The van der Waals surface area contributed by atoms with Crippen LogP contribution in [0, 0.1) is 13.8 Å². The van der Waals surface area contributed by atoms with E-state index in [1.165, 1.54) is 0 Å². The molecule has 0 unspecified atom stereocenters. The van der Waals surface area contributed by atoms with Gasteiger partial charge in [0.05, 0.1) is 27.8 Å². The zero-order chi connectivity index (χ0) is 17.0. The fourth-order valence-corrected chi connectivity index (χ4v) is 2.64. The lowest BCUT2D eigenvalue weighted by molar-refractivity contribution is -0.120. The van der Waals surface area contributed by atoms with E-state index in [-0.39, 0.29) is 18.3 Å². The molecule has 0 aliphatic carbocycles. The maximum Gasteiger partial charge on any atom is 0.224 e. The number of hydrogen-bond donors (Lipinski definition) is 2. The number of aryl methyl sites for hydroxylation is 1. The second-order valence-electron chi connectivity index (χ2n) is 5.29. The molecule has 1 amide bonds. The third-order valence-electron chi connectivity index (χ3n) is 3.62. The first-order chi connectivity index (χ1) is 10.9. The maximum atomic E-state index is 12.0. The number of benzene rings is 1. The Labute approximate surface area is 158 Å². The number of amides is 1. The zero-order valence-electron chi connectivity index (χ0n) is 13.8. The molecule has 8 heteroatoms. The van der Waals surface area contributed by atoms with Crippen LogP contribution in [0.4, 0.5) is 0 Å². The average Bonchev–Trinajstić information content (AvgIpc) is 2.78. The van der Waals surface area contributed by atoms with Gasteiger partial charge in [-0.1, -0.05) is 23.2 Å². The molecule has 0 atom stereocenters. The lowest BCUT2D eigenvalue weighted by Gasteiger charge is -2.07. The lowest BCUT2D eigenvalue weighted by atomic mass is 10.1. The van der Waals surface area contributed by atoms with E-state index in [1.807, 2.05) is 27.0 Å². The van der Waals surface area contributed by atoms with Gasteiger partial charge in [0, 0.05) is 24.3 Å². The van der Waals surface area contributed by atoms with Gasteiger partial charge >= 0.3 is 0 Å². The van der Waals surface area contributed by atoms with Crippen LogP contribution in [0.3, 0.4) is 0 Å². The fourth-order valence-electron chi connectivity index (χ4n) is 2.35. The van der Waals surface area contributed by atoms with Gasteiger partial charge in [0.1, 0.15) is 0 Å². The Hall–Kier alpha value is -1.27. The molecule has 24 heavy (non-hydrogen) atoms. The van der Waals surface area contributed by atoms with Crippen molar-refractivity contribution in [3.05, 3.63) is 45.2 Å². The van der Waals surface area contributed by atoms with Crippen molar-refractivity contribution in [1.29, 1.82) is 0 Å². The molecule has 0 saturated carbocycles. The lowest BCUT2D eigenvalue weighted by Crippen LogP contribution is -2.31. The number of carbonyl (C=O) groups is 1. The number of carbonyl (C=O) groups excluding carboxylic acids is 1. The van der Waals surface area contributed by atoms with Gasteiger partial charge in [-0.05, 0) is 39.1 Å². The van der Waals surface area contributed by atoms with Gasteiger partial charge in [-0.3, -0.25) is 4.79 Å². The Bertz CT molecular complexity index is 716. The SMILES string of the molecule is CNCCNC(=O)Cc1c(C)nn(-c2ccc(Cl)c(Cl)c2)c1C.Cl. The van der Waals surface area contributed by atoms with Crippen LogP contribution in [0.15, 0.2) is 18.2 Å². The molecule has 2 N–H and O–H groups in total. The first kappa shape index (κ1) is 20.8. The van der Waals surface area contributed by atoms with Crippen molar-refractivity contribution >= 4 is 41.5 Å². The minimum Gasteiger partial charge on any atom is -0.355 e. The van der Waals surface area contributed by atoms with E-state index in [4.69, 9.17) is 23.2 Å². The van der Waals surface area contributed by atoms with Gasteiger partial charge in [-0.2, -0.15) is 5.10 Å². The standard InChI is InChI=1S/C16H20Cl2N4O.ClH/c1-10-13(9-16(23)20-7-6-19-3)11(2)22(21-10)12-4-5-14(17)15(18)8-12;/h4-5,8,19H,6-7,9H2,1-3H3,(H,20,23);1H. The average molecular weight is 392 g/mol. The quantitative estimate of drug-likeness (QED) is 0.744. The normalized spacial score (nSPS) is 10.4. The van der Waals surface area contributed by atoms with Crippen LogP contribution in [0.5, 0.6) is 0 Å². The van der Waals surface area contributed by atoms with Crippen LogP contribution in [-0.2, 0) is 11.2 Å². The van der Waals surface area contributed by atoms with E-state index < -0.39 is 0 Å². The van der Waals surface area contributed by atoms with Crippen molar-refractivity contribution < 1.29 is 4.79 Å². The summed E-state index contributed by atoms with van der Waals surface area (Å²) < 4.78 is 1.79. The largest absolute Gasteiger partial charge is 0.355 e. The highest BCUT2D eigenvalue weighted by Gasteiger charge is 2.16. The Morgan fingerprint density at radius 2 is 1.92 bits per heavy atom. The van der Waals surface area contributed by atoms with Gasteiger partial charge in [-0.25, -0.2) is 4.68 Å². The monoisotopic (exact) mass is 390 g/mol. The minimum atomic E-state index is -0.0138. The van der Waals surface area contributed by atoms with Crippen LogP contribution >= 0.6 is 35.6 Å². The fraction of sp³-hybridized carbons (Fsp3) is 0.375. The van der Waals surface area contributed by atoms with Gasteiger partial charge < -0.3 is 10.6 Å². The Morgan fingerprint density at radius 3 is 2.54 bits per heavy atom. The number of hydrogen-bond acceptors (Lipinski definition) is 3. The molecule has 0 aliphatic heterocycles. The predicted octanol–water partition coefficient (Wildman–Crippen LogP) is 3.10. The molecular weight excluding hydrogens is 371 g/mol. The number of aromatic nitrogens is 2. The van der Waals surface area contributed by atoms with E-state index in [0.717, 1.165) is 29.2 Å². The van der Waals surface area contributed by atoms with E-state index >= 15 is 0 Å². The van der Waals surface area contributed by atoms with E-state index in [2.05, 4.69) is 15.7 Å². The molecule has 0 aliphatic rings. The summed E-state index contributed by atoms with van der Waals surface area (Å²) in [5, 5.41) is 11.4. The maximum absolute atomic E-state index is 12.0. The first-order valence-corrected chi connectivity index (χ1v) is 8.11. The summed E-state index contributed by atoms with van der Waals surface area (Å²) in [6.45, 7) is 5.19. The highest BCUT2D eigenvalue weighted by molar-refractivity contribution is 6.42. The van der Waals surface area contributed by atoms with Crippen LogP contribution < -0.4 is 10.6 Å². The Balaban J connectivity index is 0.00000288. The third kappa shape index (κ3) is 4.86. The van der Waals surface area contributed by atoms with Crippen LogP contribution in [-0.4, -0.2) is 35.8 Å². The number of likely N-dealkylation sites (N-methyl/N-ethyl adjacent to an activating group) is 1. The summed E-state index contributed by atoms with van der Waals surface area (Å²) in [5.41, 5.74) is 3.50. The third-order valence-corrected chi connectivity index (χ3v) is 4.36. The van der Waals surface area contributed by atoms with E-state index in [9.17, 15) is 4.79 Å². The molecule has 0 bridgehead atoms. The van der Waals surface area contributed by atoms with Gasteiger partial charge in [-0.15, -0.1) is 12.4 Å². The number of halogens is 3. The number of rotatable bonds is 6. The summed E-state index contributed by atoms with van der Waals surface area (Å²) in [7, 11) is 1.85. The first-order valence-electron chi connectivity index (χ1n) is 7.36. The topological polar surface area (TPSA) is 58.9 Å². The Morgan fingerprint density at radius 1 is 1.21 bits per heavy atom. The van der Waals surface area contributed by atoms with Crippen molar-refractivity contribution in [2.24, 2.45) is 0 Å². The van der Waals surface area contributed by atoms with Crippen molar-refractivity contribution in [3.8, 4) is 5.69 Å². The number of nitrogens with one attached hydrogen (secondary N) is 2. The molecule has 2 rings (SSSR count). The van der Waals surface area contributed by atoms with Gasteiger partial charge in [0.2, 0.25) is 5.91 Å². The van der Waals surface area contributed by atoms with Crippen molar-refractivity contribution in [2.45, 2.75) is 20.3 Å². The summed E-state index contributed by atoms with van der Waals surface area (Å²) in [6, 6.07) is 5.35. The highest BCUT2D eigenvalue weighted by atomic mass is 35.5. The van der Waals surface area contributed by atoms with E-state index in [0.29, 0.717) is 23.0 Å². The van der Waals surface area contributed by atoms with Crippen LogP contribution in [0.2, 0.25) is 10.0 Å². The molecule has 1 aromatic heterocycles. The zero-order valence-corrected chi connectivity index (χ0v) is 16.1. The number of nitrogens with zero attached hydrogens (tertiary/aromatic N) is 2. The molecule has 0 fully saturated rings. The molecule has 0 radical (unpaired) electrons. The van der Waals surface area contributed by atoms with Crippen molar-refractivity contribution in [1.82, 2.24) is 20.4 Å². The molecule has 0 saturated heterocycles. The predicted molar refractivity (Wildman–Crippen MR) is 101 cm³/mol. The Kier molecular flexibility index (Phi) is 8.03. The molecular formula is C16H21Cl3N4O. The summed E-state index contributed by atoms with van der Waals surface area (Å²) in [4.78, 5) is 12.0. The van der Waals surface area contributed by atoms with Crippen LogP contribution in [0.25, 0.3) is 5.69 Å². The molecule has 2 aromatic rings.